The van der Waals surface area contributed by atoms with E-state index >= 15 is 0 Å². The molecule has 1 rings (SSSR count). The number of benzene rings is 1. The van der Waals surface area contributed by atoms with E-state index < -0.39 is 28.8 Å². The number of nitrogens with one attached hydrogen (secondary N) is 1. The van der Waals surface area contributed by atoms with Crippen molar-refractivity contribution < 1.29 is 22.7 Å². The van der Waals surface area contributed by atoms with Crippen LogP contribution in [-0.2, 0) is 10.9 Å². The number of alkyl halides is 3. The normalized spacial score (nSPS) is 12.3. The Morgan fingerprint density at radius 3 is 2.45 bits per heavy atom. The molecule has 0 aromatic heterocycles. The van der Waals surface area contributed by atoms with Crippen molar-refractivity contribution in [3.8, 4) is 0 Å². The first-order valence-corrected chi connectivity index (χ1v) is 6.56. The van der Waals surface area contributed by atoms with Gasteiger partial charge in [-0.3, -0.25) is 4.79 Å². The van der Waals surface area contributed by atoms with Crippen molar-refractivity contribution in [2.75, 3.05) is 13.7 Å². The summed E-state index contributed by atoms with van der Waals surface area (Å²) in [7, 11) is 1.47. The average molecular weight is 354 g/mol. The molecule has 1 amide bonds. The first-order chi connectivity index (χ1) is 9.07. The van der Waals surface area contributed by atoms with E-state index in [0.29, 0.717) is 0 Å². The van der Waals surface area contributed by atoms with Gasteiger partial charge in [0.1, 0.15) is 0 Å². The quantitative estimate of drug-likeness (QED) is 0.897. The summed E-state index contributed by atoms with van der Waals surface area (Å²) in [5.74, 6) is -0.782. The smallest absolute Gasteiger partial charge is 0.377 e. The van der Waals surface area contributed by atoms with Crippen molar-refractivity contribution in [3.63, 3.8) is 0 Å². The average Bonchev–Trinajstić information content (AvgIpc) is 2.35. The highest BCUT2D eigenvalue weighted by Gasteiger charge is 2.35. The zero-order valence-corrected chi connectivity index (χ0v) is 12.9. The zero-order valence-electron chi connectivity index (χ0n) is 11.3. The highest BCUT2D eigenvalue weighted by molar-refractivity contribution is 9.10. The number of amides is 1. The van der Waals surface area contributed by atoms with E-state index in [9.17, 15) is 18.0 Å². The minimum absolute atomic E-state index is 0.107. The molecule has 0 bridgehead atoms. The number of hydrogen-bond acceptors (Lipinski definition) is 2. The molecule has 0 aliphatic carbocycles. The monoisotopic (exact) mass is 353 g/mol. The van der Waals surface area contributed by atoms with Crippen LogP contribution in [0.2, 0.25) is 0 Å². The molecule has 0 atom stereocenters. The second kappa shape index (κ2) is 6.13. The molecule has 0 unspecified atom stereocenters. The van der Waals surface area contributed by atoms with Gasteiger partial charge in [-0.05, 0) is 32.0 Å². The number of carbonyl (C=O) groups is 1. The molecule has 0 spiro atoms. The number of ether oxygens (including phenoxy) is 1. The fourth-order valence-corrected chi connectivity index (χ4v) is 1.77. The van der Waals surface area contributed by atoms with Crippen LogP contribution in [0.4, 0.5) is 13.2 Å². The zero-order chi connectivity index (χ0) is 15.6. The summed E-state index contributed by atoms with van der Waals surface area (Å²) in [5, 5.41) is 2.44. The van der Waals surface area contributed by atoms with Gasteiger partial charge < -0.3 is 10.1 Å². The van der Waals surface area contributed by atoms with Crippen LogP contribution in [0, 0.1) is 0 Å². The van der Waals surface area contributed by atoms with Crippen molar-refractivity contribution in [1.82, 2.24) is 5.32 Å². The molecule has 1 aromatic rings. The standard InChI is InChI=1S/C13H15BrF3NO2/c1-12(2,20-3)7-18-11(19)9-5-4-8(14)6-10(9)13(15,16)17/h4-6H,7H2,1-3H3,(H,18,19). The van der Waals surface area contributed by atoms with Gasteiger partial charge in [-0.25, -0.2) is 0 Å². The van der Waals surface area contributed by atoms with Gasteiger partial charge in [0.25, 0.3) is 5.91 Å². The SMILES string of the molecule is COC(C)(C)CNC(=O)c1ccc(Br)cc1C(F)(F)F. The highest BCUT2D eigenvalue weighted by Crippen LogP contribution is 2.33. The van der Waals surface area contributed by atoms with Gasteiger partial charge in [-0.15, -0.1) is 0 Å². The van der Waals surface area contributed by atoms with Crippen LogP contribution in [0.3, 0.4) is 0 Å². The first-order valence-electron chi connectivity index (χ1n) is 5.77. The second-order valence-electron chi connectivity index (χ2n) is 4.83. The fraction of sp³-hybridized carbons (Fsp3) is 0.462. The van der Waals surface area contributed by atoms with Crippen LogP contribution in [0.25, 0.3) is 0 Å². The fourth-order valence-electron chi connectivity index (χ4n) is 1.41. The third-order valence-corrected chi connectivity index (χ3v) is 3.25. The Kier molecular flexibility index (Phi) is 5.21. The molecule has 7 heteroatoms. The molecule has 0 radical (unpaired) electrons. The van der Waals surface area contributed by atoms with Crippen LogP contribution >= 0.6 is 15.9 Å². The third kappa shape index (κ3) is 4.49. The lowest BCUT2D eigenvalue weighted by molar-refractivity contribution is -0.138. The Morgan fingerprint density at radius 2 is 1.95 bits per heavy atom. The lowest BCUT2D eigenvalue weighted by Gasteiger charge is -2.23. The molecule has 0 aliphatic heterocycles. The summed E-state index contributed by atoms with van der Waals surface area (Å²) in [6, 6.07) is 3.42. The van der Waals surface area contributed by atoms with E-state index in [0.717, 1.165) is 12.1 Å². The van der Waals surface area contributed by atoms with Crippen molar-refractivity contribution in [3.05, 3.63) is 33.8 Å². The number of methoxy groups -OCH3 is 1. The Morgan fingerprint density at radius 1 is 1.35 bits per heavy atom. The lowest BCUT2D eigenvalue weighted by Crippen LogP contribution is -2.40. The maximum atomic E-state index is 12.9. The van der Waals surface area contributed by atoms with Crippen molar-refractivity contribution >= 4 is 21.8 Å². The molecular weight excluding hydrogens is 339 g/mol. The van der Waals surface area contributed by atoms with E-state index in [1.54, 1.807) is 13.8 Å². The highest BCUT2D eigenvalue weighted by atomic mass is 79.9. The van der Waals surface area contributed by atoms with Crippen LogP contribution < -0.4 is 5.32 Å². The predicted octanol–water partition coefficient (Wildman–Crippen LogP) is 3.62. The van der Waals surface area contributed by atoms with Gasteiger partial charge in [0.2, 0.25) is 0 Å². The van der Waals surface area contributed by atoms with E-state index in [1.807, 2.05) is 0 Å². The summed E-state index contributed by atoms with van der Waals surface area (Å²) in [6.45, 7) is 3.55. The minimum atomic E-state index is -4.59. The Balaban J connectivity index is 2.99. The van der Waals surface area contributed by atoms with Gasteiger partial charge in [0.15, 0.2) is 0 Å². The Labute approximate surface area is 123 Å². The van der Waals surface area contributed by atoms with E-state index in [2.05, 4.69) is 21.2 Å². The predicted molar refractivity (Wildman–Crippen MR) is 72.6 cm³/mol. The topological polar surface area (TPSA) is 38.3 Å². The van der Waals surface area contributed by atoms with Gasteiger partial charge >= 0.3 is 6.18 Å². The maximum absolute atomic E-state index is 12.9. The van der Waals surface area contributed by atoms with E-state index in [-0.39, 0.29) is 11.0 Å². The molecule has 0 saturated heterocycles. The van der Waals surface area contributed by atoms with Crippen LogP contribution in [0.1, 0.15) is 29.8 Å². The van der Waals surface area contributed by atoms with Gasteiger partial charge in [-0.2, -0.15) is 13.2 Å². The van der Waals surface area contributed by atoms with E-state index in [1.165, 1.54) is 13.2 Å². The van der Waals surface area contributed by atoms with Crippen LogP contribution in [0.5, 0.6) is 0 Å². The maximum Gasteiger partial charge on any atom is 0.417 e. The largest absolute Gasteiger partial charge is 0.417 e. The molecule has 3 nitrogen and oxygen atoms in total. The van der Waals surface area contributed by atoms with Crippen molar-refractivity contribution in [2.24, 2.45) is 0 Å². The molecule has 1 aromatic carbocycles. The number of halogens is 4. The van der Waals surface area contributed by atoms with Gasteiger partial charge in [0.05, 0.1) is 16.7 Å². The molecule has 0 heterocycles. The molecule has 0 aliphatic rings. The summed E-state index contributed by atoms with van der Waals surface area (Å²) in [6.07, 6.45) is -4.59. The summed E-state index contributed by atoms with van der Waals surface area (Å²) in [5.41, 5.74) is -2.03. The van der Waals surface area contributed by atoms with Crippen LogP contribution in [0.15, 0.2) is 22.7 Å². The first kappa shape index (κ1) is 17.0. The number of carbonyl (C=O) groups excluding carboxylic acids is 1. The molecular formula is C13H15BrF3NO2. The Hall–Kier alpha value is -1.08. The molecule has 1 N–H and O–H groups in total. The minimum Gasteiger partial charge on any atom is -0.377 e. The van der Waals surface area contributed by atoms with Gasteiger partial charge in [-0.1, -0.05) is 15.9 Å². The van der Waals surface area contributed by atoms with E-state index in [4.69, 9.17) is 4.74 Å². The molecule has 20 heavy (non-hydrogen) atoms. The summed E-state index contributed by atoms with van der Waals surface area (Å²) < 4.78 is 44.1. The van der Waals surface area contributed by atoms with Crippen molar-refractivity contribution in [2.45, 2.75) is 25.6 Å². The molecule has 112 valence electrons. The third-order valence-electron chi connectivity index (χ3n) is 2.76. The summed E-state index contributed by atoms with van der Waals surface area (Å²) >= 11 is 2.97. The Bertz CT molecular complexity index is 501. The summed E-state index contributed by atoms with van der Waals surface area (Å²) in [4.78, 5) is 11.9. The number of hydrogen-bond donors (Lipinski definition) is 1. The second-order valence-corrected chi connectivity index (χ2v) is 5.75. The molecule has 0 saturated carbocycles. The van der Waals surface area contributed by atoms with Crippen molar-refractivity contribution in [1.29, 1.82) is 0 Å². The molecule has 0 fully saturated rings. The van der Waals surface area contributed by atoms with Crippen LogP contribution in [-0.4, -0.2) is 25.2 Å². The van der Waals surface area contributed by atoms with Gasteiger partial charge in [0, 0.05) is 18.1 Å². The number of rotatable bonds is 4. The lowest BCUT2D eigenvalue weighted by atomic mass is 10.1.